The minimum Gasteiger partial charge on any atom is -0.384 e. The van der Waals surface area contributed by atoms with E-state index < -0.39 is 0 Å². The van der Waals surface area contributed by atoms with Gasteiger partial charge in [0.25, 0.3) is 0 Å². The molecule has 0 spiro atoms. The third-order valence-corrected chi connectivity index (χ3v) is 1.85. The molecule has 0 aromatic carbocycles. The summed E-state index contributed by atoms with van der Waals surface area (Å²) in [5.74, 6) is 0.131. The third kappa shape index (κ3) is 3.43. The first kappa shape index (κ1) is 10.5. The second-order valence-corrected chi connectivity index (χ2v) is 3.20. The molecule has 0 fully saturated rings. The number of carbonyl (C=O) groups excluding carboxylic acids is 1. The van der Waals surface area contributed by atoms with E-state index in [4.69, 9.17) is 0 Å². The van der Waals surface area contributed by atoms with E-state index in [2.05, 4.69) is 10.3 Å². The van der Waals surface area contributed by atoms with Crippen molar-refractivity contribution in [3.05, 3.63) is 24.5 Å². The minimum atomic E-state index is 0.131. The summed E-state index contributed by atoms with van der Waals surface area (Å²) in [6.45, 7) is 0.654. The zero-order chi connectivity index (χ0) is 10.4. The Hall–Kier alpha value is -1.58. The van der Waals surface area contributed by atoms with Crippen LogP contribution in [0.3, 0.4) is 0 Å². The number of rotatable bonds is 4. The van der Waals surface area contributed by atoms with Gasteiger partial charge in [0.1, 0.15) is 0 Å². The van der Waals surface area contributed by atoms with E-state index in [1.165, 1.54) is 0 Å². The van der Waals surface area contributed by atoms with Gasteiger partial charge in [0.15, 0.2) is 0 Å². The Kier molecular flexibility index (Phi) is 3.91. The van der Waals surface area contributed by atoms with Gasteiger partial charge >= 0.3 is 0 Å². The van der Waals surface area contributed by atoms with Crippen molar-refractivity contribution in [3.8, 4) is 0 Å². The molecule has 1 heterocycles. The van der Waals surface area contributed by atoms with Crippen LogP contribution in [0.25, 0.3) is 0 Å². The van der Waals surface area contributed by atoms with Gasteiger partial charge in [-0.15, -0.1) is 0 Å². The van der Waals surface area contributed by atoms with Gasteiger partial charge < -0.3 is 10.2 Å². The molecular weight excluding hydrogens is 178 g/mol. The summed E-state index contributed by atoms with van der Waals surface area (Å²) in [5.41, 5.74) is 0.992. The summed E-state index contributed by atoms with van der Waals surface area (Å²) < 4.78 is 0. The van der Waals surface area contributed by atoms with E-state index in [9.17, 15) is 4.79 Å². The van der Waals surface area contributed by atoms with Crippen LogP contribution in [0.2, 0.25) is 0 Å². The maximum Gasteiger partial charge on any atom is 0.223 e. The molecule has 14 heavy (non-hydrogen) atoms. The van der Waals surface area contributed by atoms with Crippen LogP contribution >= 0.6 is 0 Å². The predicted octanol–water partition coefficient (Wildman–Crippen LogP) is 0.972. The first-order chi connectivity index (χ1) is 6.70. The van der Waals surface area contributed by atoms with Crippen molar-refractivity contribution < 1.29 is 4.79 Å². The van der Waals surface area contributed by atoms with E-state index in [0.29, 0.717) is 13.0 Å². The summed E-state index contributed by atoms with van der Waals surface area (Å²) >= 11 is 0. The molecule has 0 atom stereocenters. The van der Waals surface area contributed by atoms with Crippen LogP contribution in [-0.4, -0.2) is 36.4 Å². The Morgan fingerprint density at radius 3 is 2.64 bits per heavy atom. The van der Waals surface area contributed by atoms with Gasteiger partial charge in [-0.3, -0.25) is 9.78 Å². The molecule has 1 rings (SSSR count). The molecule has 0 unspecified atom stereocenters. The largest absolute Gasteiger partial charge is 0.384 e. The van der Waals surface area contributed by atoms with Gasteiger partial charge in [0.2, 0.25) is 5.91 Å². The molecule has 0 aliphatic carbocycles. The monoisotopic (exact) mass is 193 g/mol. The number of pyridine rings is 1. The van der Waals surface area contributed by atoms with Crippen molar-refractivity contribution in [2.24, 2.45) is 0 Å². The Labute approximate surface area is 83.9 Å². The van der Waals surface area contributed by atoms with E-state index in [0.717, 1.165) is 5.69 Å². The first-order valence-corrected chi connectivity index (χ1v) is 4.54. The number of hydrogen-bond donors (Lipinski definition) is 1. The first-order valence-electron chi connectivity index (χ1n) is 4.54. The highest BCUT2D eigenvalue weighted by Crippen LogP contribution is 2.02. The van der Waals surface area contributed by atoms with Gasteiger partial charge in [0, 0.05) is 45.1 Å². The van der Waals surface area contributed by atoms with Crippen LogP contribution in [-0.2, 0) is 4.79 Å². The van der Waals surface area contributed by atoms with E-state index in [1.54, 1.807) is 31.4 Å². The minimum absolute atomic E-state index is 0.131. The topological polar surface area (TPSA) is 45.2 Å². The Balaban J connectivity index is 2.26. The zero-order valence-electron chi connectivity index (χ0n) is 8.53. The fourth-order valence-electron chi connectivity index (χ4n) is 1.01. The quantitative estimate of drug-likeness (QED) is 0.775. The van der Waals surface area contributed by atoms with E-state index in [1.807, 2.05) is 12.1 Å². The van der Waals surface area contributed by atoms with E-state index in [-0.39, 0.29) is 5.91 Å². The molecule has 1 amide bonds. The lowest BCUT2D eigenvalue weighted by molar-refractivity contribution is -0.128. The predicted molar refractivity (Wildman–Crippen MR) is 56.0 cm³/mol. The molecule has 4 nitrogen and oxygen atoms in total. The average molecular weight is 193 g/mol. The maximum absolute atomic E-state index is 11.2. The SMILES string of the molecule is CN(C)C(=O)CCNc1ccncc1. The number of carbonyl (C=O) groups is 1. The standard InChI is InChI=1S/C10H15N3O/c1-13(2)10(14)5-8-12-9-3-6-11-7-4-9/h3-4,6-7H,5,8H2,1-2H3,(H,11,12). The number of anilines is 1. The summed E-state index contributed by atoms with van der Waals surface area (Å²) in [5, 5.41) is 3.14. The summed E-state index contributed by atoms with van der Waals surface area (Å²) in [6.07, 6.45) is 3.95. The molecule has 1 N–H and O–H groups in total. The highest BCUT2D eigenvalue weighted by molar-refractivity contribution is 5.76. The molecule has 0 aliphatic rings. The second-order valence-electron chi connectivity index (χ2n) is 3.20. The van der Waals surface area contributed by atoms with Crippen molar-refractivity contribution in [3.63, 3.8) is 0 Å². The fraction of sp³-hybridized carbons (Fsp3) is 0.400. The highest BCUT2D eigenvalue weighted by Gasteiger charge is 2.02. The van der Waals surface area contributed by atoms with Gasteiger partial charge in [-0.05, 0) is 12.1 Å². The molecule has 76 valence electrons. The van der Waals surface area contributed by atoms with Crippen molar-refractivity contribution in [1.29, 1.82) is 0 Å². The molecule has 0 aliphatic heterocycles. The molecule has 0 saturated heterocycles. The van der Waals surface area contributed by atoms with Crippen LogP contribution in [0.1, 0.15) is 6.42 Å². The number of aromatic nitrogens is 1. The Morgan fingerprint density at radius 2 is 2.07 bits per heavy atom. The van der Waals surface area contributed by atoms with Gasteiger partial charge in [-0.1, -0.05) is 0 Å². The summed E-state index contributed by atoms with van der Waals surface area (Å²) in [6, 6.07) is 3.75. The van der Waals surface area contributed by atoms with Crippen molar-refractivity contribution in [1.82, 2.24) is 9.88 Å². The zero-order valence-corrected chi connectivity index (χ0v) is 8.53. The third-order valence-electron chi connectivity index (χ3n) is 1.85. The smallest absolute Gasteiger partial charge is 0.223 e. The molecule has 4 heteroatoms. The summed E-state index contributed by atoms with van der Waals surface area (Å²) in [4.78, 5) is 16.7. The molecular formula is C10H15N3O. The number of nitrogens with zero attached hydrogens (tertiary/aromatic N) is 2. The van der Waals surface area contributed by atoms with Gasteiger partial charge in [-0.2, -0.15) is 0 Å². The molecule has 1 aromatic rings. The highest BCUT2D eigenvalue weighted by atomic mass is 16.2. The van der Waals surface area contributed by atoms with Crippen LogP contribution in [0.5, 0.6) is 0 Å². The maximum atomic E-state index is 11.2. The fourth-order valence-corrected chi connectivity index (χ4v) is 1.01. The summed E-state index contributed by atoms with van der Waals surface area (Å²) in [7, 11) is 3.52. The van der Waals surface area contributed by atoms with Crippen LogP contribution in [0.4, 0.5) is 5.69 Å². The Morgan fingerprint density at radius 1 is 1.43 bits per heavy atom. The van der Waals surface area contributed by atoms with Gasteiger partial charge in [-0.25, -0.2) is 0 Å². The molecule has 1 aromatic heterocycles. The lowest BCUT2D eigenvalue weighted by Gasteiger charge is -2.10. The van der Waals surface area contributed by atoms with Crippen LogP contribution in [0.15, 0.2) is 24.5 Å². The van der Waals surface area contributed by atoms with Crippen molar-refractivity contribution >= 4 is 11.6 Å². The van der Waals surface area contributed by atoms with Crippen LogP contribution in [0, 0.1) is 0 Å². The average Bonchev–Trinajstić information content (AvgIpc) is 2.19. The second kappa shape index (κ2) is 5.21. The lowest BCUT2D eigenvalue weighted by Crippen LogP contribution is -2.23. The van der Waals surface area contributed by atoms with Gasteiger partial charge in [0.05, 0.1) is 0 Å². The lowest BCUT2D eigenvalue weighted by atomic mass is 10.3. The Bertz CT molecular complexity index is 285. The number of amides is 1. The van der Waals surface area contributed by atoms with Crippen molar-refractivity contribution in [2.45, 2.75) is 6.42 Å². The van der Waals surface area contributed by atoms with Crippen LogP contribution < -0.4 is 5.32 Å². The number of hydrogen-bond acceptors (Lipinski definition) is 3. The normalized spacial score (nSPS) is 9.57. The van der Waals surface area contributed by atoms with E-state index >= 15 is 0 Å². The molecule has 0 bridgehead atoms. The molecule has 0 radical (unpaired) electrons. The number of nitrogens with one attached hydrogen (secondary N) is 1. The van der Waals surface area contributed by atoms with Crippen molar-refractivity contribution in [2.75, 3.05) is 26.0 Å². The molecule has 0 saturated carbocycles.